The van der Waals surface area contributed by atoms with E-state index in [0.717, 1.165) is 5.56 Å². The minimum absolute atomic E-state index is 0.0151. The van der Waals surface area contributed by atoms with Crippen molar-refractivity contribution in [3.63, 3.8) is 0 Å². The number of halogens is 3. The Bertz CT molecular complexity index is 1080. The summed E-state index contributed by atoms with van der Waals surface area (Å²) in [5, 5.41) is 8.34. The zero-order valence-corrected chi connectivity index (χ0v) is 16.0. The number of hydrogen-bond donors (Lipinski definition) is 1. The van der Waals surface area contributed by atoms with Gasteiger partial charge in [-0.25, -0.2) is 13.1 Å². The summed E-state index contributed by atoms with van der Waals surface area (Å²) in [6, 6.07) is 8.67. The van der Waals surface area contributed by atoms with Crippen LogP contribution in [0.1, 0.15) is 23.5 Å². The lowest BCUT2D eigenvalue weighted by Crippen LogP contribution is -2.16. The van der Waals surface area contributed by atoms with Crippen LogP contribution in [0.5, 0.6) is 0 Å². The van der Waals surface area contributed by atoms with Crippen molar-refractivity contribution in [2.45, 2.75) is 31.8 Å². The van der Waals surface area contributed by atoms with E-state index in [2.05, 4.69) is 14.9 Å². The van der Waals surface area contributed by atoms with Crippen LogP contribution in [0.15, 0.2) is 41.4 Å². The number of sulfonamides is 1. The molecule has 3 rings (SSSR count). The van der Waals surface area contributed by atoms with Crippen molar-refractivity contribution in [3.8, 4) is 0 Å². The molecule has 0 atom stereocenters. The standard InChI is InChI=1S/C16H16ClF2N5O2S/c1-10-15(11(2)24(20-10)16(18)19)27(25,26)22-14-6-7-23(21-14)9-12-4-3-5-13(17)8-12/h3-8,16H,9H2,1-2H3,(H,21,22). The van der Waals surface area contributed by atoms with Crippen LogP contribution in [0.3, 0.4) is 0 Å². The van der Waals surface area contributed by atoms with Crippen molar-refractivity contribution >= 4 is 27.4 Å². The molecule has 2 heterocycles. The lowest BCUT2D eigenvalue weighted by Gasteiger charge is -2.07. The van der Waals surface area contributed by atoms with Gasteiger partial charge in [0.1, 0.15) is 4.90 Å². The Balaban J connectivity index is 1.82. The van der Waals surface area contributed by atoms with E-state index in [-0.39, 0.29) is 22.1 Å². The Morgan fingerprint density at radius 1 is 1.22 bits per heavy atom. The molecule has 11 heteroatoms. The Kier molecular flexibility index (Phi) is 5.20. The zero-order valence-electron chi connectivity index (χ0n) is 14.4. The predicted molar refractivity (Wildman–Crippen MR) is 96.5 cm³/mol. The highest BCUT2D eigenvalue weighted by Crippen LogP contribution is 2.25. The third kappa shape index (κ3) is 4.11. The summed E-state index contributed by atoms with van der Waals surface area (Å²) in [4.78, 5) is -0.285. The van der Waals surface area contributed by atoms with Crippen LogP contribution in [0.4, 0.5) is 14.6 Å². The van der Waals surface area contributed by atoms with E-state index in [1.807, 2.05) is 6.07 Å². The van der Waals surface area contributed by atoms with Gasteiger partial charge in [-0.15, -0.1) is 0 Å². The lowest BCUT2D eigenvalue weighted by molar-refractivity contribution is 0.0538. The van der Waals surface area contributed by atoms with Gasteiger partial charge in [0, 0.05) is 17.3 Å². The first-order valence-corrected chi connectivity index (χ1v) is 9.68. The third-order valence-electron chi connectivity index (χ3n) is 3.83. The molecule has 0 aliphatic heterocycles. The Hall–Kier alpha value is -2.46. The average molecular weight is 416 g/mol. The lowest BCUT2D eigenvalue weighted by atomic mass is 10.2. The number of benzene rings is 1. The summed E-state index contributed by atoms with van der Waals surface area (Å²) in [5.74, 6) is 0.0700. The molecule has 0 aliphatic carbocycles. The molecular formula is C16H16ClF2N5O2S. The largest absolute Gasteiger partial charge is 0.333 e. The molecule has 1 aromatic carbocycles. The molecule has 144 valence electrons. The normalized spacial score (nSPS) is 11.9. The number of hydrogen-bond acceptors (Lipinski definition) is 4. The van der Waals surface area contributed by atoms with E-state index >= 15 is 0 Å². The van der Waals surface area contributed by atoms with Gasteiger partial charge in [-0.3, -0.25) is 9.40 Å². The second kappa shape index (κ2) is 7.28. The minimum atomic E-state index is -4.12. The Morgan fingerprint density at radius 3 is 2.59 bits per heavy atom. The molecule has 1 N–H and O–H groups in total. The van der Waals surface area contributed by atoms with Gasteiger partial charge < -0.3 is 0 Å². The Labute approximate surface area is 159 Å². The molecule has 27 heavy (non-hydrogen) atoms. The molecule has 0 unspecified atom stereocenters. The number of rotatable bonds is 6. The van der Waals surface area contributed by atoms with Gasteiger partial charge in [0.15, 0.2) is 5.82 Å². The third-order valence-corrected chi connectivity index (χ3v) is 5.67. The molecule has 0 saturated heterocycles. The van der Waals surface area contributed by atoms with Crippen LogP contribution in [-0.2, 0) is 16.6 Å². The second-order valence-electron chi connectivity index (χ2n) is 5.86. The highest BCUT2D eigenvalue weighted by molar-refractivity contribution is 7.92. The maximum Gasteiger partial charge on any atom is 0.333 e. The van der Waals surface area contributed by atoms with Crippen LogP contribution in [0.2, 0.25) is 5.02 Å². The van der Waals surface area contributed by atoms with Crippen LogP contribution >= 0.6 is 11.6 Å². The smallest absolute Gasteiger partial charge is 0.266 e. The number of aromatic nitrogens is 4. The van der Waals surface area contributed by atoms with Crippen LogP contribution in [0.25, 0.3) is 0 Å². The van der Waals surface area contributed by atoms with Crippen LogP contribution in [0, 0.1) is 13.8 Å². The molecule has 2 aromatic heterocycles. The van der Waals surface area contributed by atoms with E-state index in [9.17, 15) is 17.2 Å². The topological polar surface area (TPSA) is 81.8 Å². The second-order valence-corrected chi connectivity index (χ2v) is 7.91. The molecule has 0 fully saturated rings. The number of anilines is 1. The molecule has 0 aliphatic rings. The SMILES string of the molecule is Cc1nn(C(F)F)c(C)c1S(=O)(=O)Nc1ccn(Cc2cccc(Cl)c2)n1. The van der Waals surface area contributed by atoms with Crippen molar-refractivity contribution < 1.29 is 17.2 Å². The number of alkyl halides is 2. The molecule has 3 aromatic rings. The molecule has 0 radical (unpaired) electrons. The fourth-order valence-corrected chi connectivity index (χ4v) is 4.35. The van der Waals surface area contributed by atoms with Crippen LogP contribution in [-0.4, -0.2) is 28.0 Å². The highest BCUT2D eigenvalue weighted by atomic mass is 35.5. The van der Waals surface area contributed by atoms with Gasteiger partial charge in [-0.2, -0.15) is 19.0 Å². The predicted octanol–water partition coefficient (Wildman–Crippen LogP) is 3.59. The van der Waals surface area contributed by atoms with E-state index in [0.29, 0.717) is 16.2 Å². The maximum atomic E-state index is 12.9. The maximum absolute atomic E-state index is 12.9. The van der Waals surface area contributed by atoms with Gasteiger partial charge in [0.2, 0.25) is 0 Å². The molecule has 0 spiro atoms. The first kappa shape index (κ1) is 19.3. The minimum Gasteiger partial charge on any atom is -0.266 e. The van der Waals surface area contributed by atoms with Crippen molar-refractivity contribution in [1.29, 1.82) is 0 Å². The summed E-state index contributed by atoms with van der Waals surface area (Å²) in [6.45, 7) is 0.102. The number of nitrogens with one attached hydrogen (secondary N) is 1. The van der Waals surface area contributed by atoms with Crippen LogP contribution < -0.4 is 4.72 Å². The number of nitrogens with zero attached hydrogens (tertiary/aromatic N) is 4. The molecular weight excluding hydrogens is 400 g/mol. The Morgan fingerprint density at radius 2 is 1.96 bits per heavy atom. The van der Waals surface area contributed by atoms with Crippen molar-refractivity contribution in [3.05, 3.63) is 58.5 Å². The zero-order chi connectivity index (χ0) is 19.8. The summed E-state index contributed by atoms with van der Waals surface area (Å²) < 4.78 is 55.3. The molecule has 0 saturated carbocycles. The summed E-state index contributed by atoms with van der Waals surface area (Å²) in [5.41, 5.74) is 0.733. The van der Waals surface area contributed by atoms with Gasteiger partial charge in [-0.05, 0) is 31.5 Å². The van der Waals surface area contributed by atoms with Gasteiger partial charge >= 0.3 is 6.55 Å². The van der Waals surface area contributed by atoms with E-state index in [1.54, 1.807) is 24.4 Å². The highest BCUT2D eigenvalue weighted by Gasteiger charge is 2.27. The number of aryl methyl sites for hydroxylation is 1. The monoisotopic (exact) mass is 415 g/mol. The van der Waals surface area contributed by atoms with E-state index in [1.165, 1.54) is 24.6 Å². The van der Waals surface area contributed by atoms with E-state index < -0.39 is 16.6 Å². The van der Waals surface area contributed by atoms with Gasteiger partial charge in [0.25, 0.3) is 10.0 Å². The van der Waals surface area contributed by atoms with Crippen molar-refractivity contribution in [2.75, 3.05) is 4.72 Å². The summed E-state index contributed by atoms with van der Waals surface area (Å²) in [7, 11) is -4.12. The quantitative estimate of drug-likeness (QED) is 0.667. The summed E-state index contributed by atoms with van der Waals surface area (Å²) in [6.07, 6.45) is 1.60. The van der Waals surface area contributed by atoms with Gasteiger partial charge in [-0.1, -0.05) is 23.7 Å². The molecule has 0 amide bonds. The van der Waals surface area contributed by atoms with Crippen molar-refractivity contribution in [1.82, 2.24) is 19.6 Å². The first-order valence-electron chi connectivity index (χ1n) is 7.82. The summed E-state index contributed by atoms with van der Waals surface area (Å²) >= 11 is 5.94. The molecule has 7 nitrogen and oxygen atoms in total. The fourth-order valence-electron chi connectivity index (χ4n) is 2.74. The average Bonchev–Trinajstić information content (AvgIpc) is 3.10. The van der Waals surface area contributed by atoms with Crippen molar-refractivity contribution in [2.24, 2.45) is 0 Å². The first-order chi connectivity index (χ1) is 12.7. The van der Waals surface area contributed by atoms with E-state index in [4.69, 9.17) is 11.6 Å². The fraction of sp³-hybridized carbons (Fsp3) is 0.250. The van der Waals surface area contributed by atoms with Gasteiger partial charge in [0.05, 0.1) is 17.9 Å². The molecule has 0 bridgehead atoms.